The predicted molar refractivity (Wildman–Crippen MR) is 135 cm³/mol. The maximum Gasteiger partial charge on any atom is 0.416 e. The third kappa shape index (κ3) is 9.65. The van der Waals surface area contributed by atoms with Gasteiger partial charge in [0.1, 0.15) is 29.2 Å². The van der Waals surface area contributed by atoms with Crippen LogP contribution in [0.4, 0.5) is 13.2 Å². The summed E-state index contributed by atoms with van der Waals surface area (Å²) in [7, 11) is 0. The number of halogens is 5. The number of alkyl halides is 3. The van der Waals surface area contributed by atoms with Crippen molar-refractivity contribution >= 4 is 28.9 Å². The van der Waals surface area contributed by atoms with E-state index in [1.54, 1.807) is 13.0 Å². The number of rotatable bonds is 13. The van der Waals surface area contributed by atoms with E-state index < -0.39 is 11.7 Å². The maximum absolute atomic E-state index is 12.7. The normalized spacial score (nSPS) is 11.8. The molecule has 9 heteroatoms. The summed E-state index contributed by atoms with van der Waals surface area (Å²) >= 11 is 11.3. The smallest absolute Gasteiger partial charge is 0.416 e. The molecule has 0 aromatic heterocycles. The van der Waals surface area contributed by atoms with Crippen molar-refractivity contribution in [2.45, 2.75) is 52.6 Å². The van der Waals surface area contributed by atoms with Gasteiger partial charge >= 0.3 is 6.18 Å². The zero-order valence-electron chi connectivity index (χ0n) is 20.1. The molecule has 0 bridgehead atoms. The van der Waals surface area contributed by atoms with Crippen molar-refractivity contribution in [3.8, 4) is 11.5 Å². The van der Waals surface area contributed by atoms with E-state index in [0.717, 1.165) is 60.4 Å². The highest BCUT2D eigenvalue weighted by atomic mass is 35.5. The van der Waals surface area contributed by atoms with E-state index in [0.29, 0.717) is 24.5 Å². The number of hydrogen-bond acceptors (Lipinski definition) is 4. The summed E-state index contributed by atoms with van der Waals surface area (Å²) in [6.45, 7) is 7.01. The summed E-state index contributed by atoms with van der Waals surface area (Å²) in [5.74, 6) is 1.62. The summed E-state index contributed by atoms with van der Waals surface area (Å²) in [6.07, 6.45) is 0.309. The van der Waals surface area contributed by atoms with Gasteiger partial charge < -0.3 is 14.3 Å². The van der Waals surface area contributed by atoms with Crippen LogP contribution in [0.3, 0.4) is 0 Å². The lowest BCUT2D eigenvalue weighted by atomic mass is 10.0. The minimum Gasteiger partial charge on any atom is -0.493 e. The van der Waals surface area contributed by atoms with Gasteiger partial charge in [0.05, 0.1) is 17.9 Å². The van der Waals surface area contributed by atoms with Crippen molar-refractivity contribution < 1.29 is 27.5 Å². The van der Waals surface area contributed by atoms with Gasteiger partial charge in [0.15, 0.2) is 0 Å². The van der Waals surface area contributed by atoms with Crippen molar-refractivity contribution in [3.63, 3.8) is 0 Å². The molecule has 0 radical (unpaired) electrons. The van der Waals surface area contributed by atoms with Gasteiger partial charge in [-0.3, -0.25) is 0 Å². The molecule has 4 nitrogen and oxygen atoms in total. The lowest BCUT2D eigenvalue weighted by Gasteiger charge is -2.17. The molecule has 35 heavy (non-hydrogen) atoms. The molecule has 2 rings (SSSR count). The maximum atomic E-state index is 12.7. The minimum atomic E-state index is -4.36. The molecule has 0 N–H and O–H groups in total. The topological polar surface area (TPSA) is 40.0 Å². The third-order valence-electron chi connectivity index (χ3n) is 5.17. The molecule has 0 heterocycles. The van der Waals surface area contributed by atoms with E-state index in [1.807, 2.05) is 12.1 Å². The van der Waals surface area contributed by atoms with E-state index in [1.165, 1.54) is 12.1 Å². The third-order valence-corrected chi connectivity index (χ3v) is 5.48. The quantitative estimate of drug-likeness (QED) is 0.149. The molecular weight excluding hydrogens is 502 g/mol. The van der Waals surface area contributed by atoms with Gasteiger partial charge in [0.2, 0.25) is 0 Å². The molecular formula is C26H30Cl2F3NO3. The first kappa shape index (κ1) is 28.9. The van der Waals surface area contributed by atoms with E-state index >= 15 is 0 Å². The molecule has 2 aromatic carbocycles. The van der Waals surface area contributed by atoms with Gasteiger partial charge in [0.25, 0.3) is 0 Å². The van der Waals surface area contributed by atoms with Crippen molar-refractivity contribution in [2.24, 2.45) is 5.16 Å². The molecule has 0 atom stereocenters. The summed E-state index contributed by atoms with van der Waals surface area (Å²) in [5.41, 5.74) is 2.53. The first-order chi connectivity index (χ1) is 16.7. The molecule has 0 amide bonds. The highest BCUT2D eigenvalue weighted by Gasteiger charge is 2.30. The molecule has 0 aliphatic heterocycles. The Kier molecular flexibility index (Phi) is 11.7. The minimum absolute atomic E-state index is 0.167. The predicted octanol–water partition coefficient (Wildman–Crippen LogP) is 8.13. The Morgan fingerprint density at radius 1 is 0.943 bits per heavy atom. The molecule has 0 fully saturated rings. The van der Waals surface area contributed by atoms with Crippen LogP contribution in [0.5, 0.6) is 11.5 Å². The molecule has 0 aliphatic carbocycles. The van der Waals surface area contributed by atoms with Crippen LogP contribution in [0.2, 0.25) is 0 Å². The molecule has 0 saturated heterocycles. The fourth-order valence-corrected chi connectivity index (χ4v) is 3.38. The molecule has 192 valence electrons. The summed E-state index contributed by atoms with van der Waals surface area (Å²) < 4.78 is 50.0. The second-order valence-electron chi connectivity index (χ2n) is 7.72. The second kappa shape index (κ2) is 14.2. The standard InChI is InChI=1S/C26H30Cl2F3NO3/c1-4-19-16-23(33-15-12-24(27)28)17-20(5-2)25(19)34-13-6-7-14-35-32-18(3)21-8-10-22(11-9-21)26(29,30)31/h8-12,16-17H,4-7,13-15H2,1-3H3. The van der Waals surface area contributed by atoms with E-state index in [4.69, 9.17) is 37.5 Å². The summed E-state index contributed by atoms with van der Waals surface area (Å²) in [6, 6.07) is 8.77. The van der Waals surface area contributed by atoms with E-state index in [-0.39, 0.29) is 11.1 Å². The Hall–Kier alpha value is -2.38. The van der Waals surface area contributed by atoms with Gasteiger partial charge in [-0.05, 0) is 79.6 Å². The largest absolute Gasteiger partial charge is 0.493 e. The molecule has 0 spiro atoms. The fourth-order valence-electron chi connectivity index (χ4n) is 3.26. The molecule has 0 aliphatic rings. The average molecular weight is 532 g/mol. The zero-order chi connectivity index (χ0) is 25.8. The van der Waals surface area contributed by atoms with Crippen molar-refractivity contribution in [1.82, 2.24) is 0 Å². The van der Waals surface area contributed by atoms with Gasteiger partial charge in [0, 0.05) is 0 Å². The SMILES string of the molecule is CCc1cc(OCC=C(Cl)Cl)cc(CC)c1OCCCCON=C(C)c1ccc(C(F)(F)F)cc1. The van der Waals surface area contributed by atoms with Gasteiger partial charge in [-0.25, -0.2) is 0 Å². The number of unbranched alkanes of at least 4 members (excludes halogenated alkanes) is 1. The van der Waals surface area contributed by atoms with Crippen LogP contribution in [0.25, 0.3) is 0 Å². The molecule has 0 unspecified atom stereocenters. The van der Waals surface area contributed by atoms with Gasteiger partial charge in [-0.1, -0.05) is 54.3 Å². The second-order valence-corrected chi connectivity index (χ2v) is 8.73. The molecule has 2 aromatic rings. The van der Waals surface area contributed by atoms with Crippen LogP contribution in [-0.2, 0) is 23.9 Å². The Labute approximate surface area is 214 Å². The number of ether oxygens (including phenoxy) is 2. The van der Waals surface area contributed by atoms with Gasteiger partial charge in [-0.15, -0.1) is 0 Å². The number of aryl methyl sites for hydroxylation is 2. The van der Waals surface area contributed by atoms with E-state index in [2.05, 4.69) is 19.0 Å². The fraction of sp³-hybridized carbons (Fsp3) is 0.423. The van der Waals surface area contributed by atoms with Crippen LogP contribution in [0.1, 0.15) is 55.9 Å². The Morgan fingerprint density at radius 3 is 2.09 bits per heavy atom. The van der Waals surface area contributed by atoms with Crippen LogP contribution in [-0.4, -0.2) is 25.5 Å². The van der Waals surface area contributed by atoms with Crippen LogP contribution in [0.15, 0.2) is 52.1 Å². The Bertz CT molecular complexity index is 977. The van der Waals surface area contributed by atoms with Crippen molar-refractivity contribution in [3.05, 3.63) is 69.2 Å². The highest BCUT2D eigenvalue weighted by Crippen LogP contribution is 2.31. The van der Waals surface area contributed by atoms with Crippen LogP contribution in [0, 0.1) is 0 Å². The number of hydrogen-bond donors (Lipinski definition) is 0. The van der Waals surface area contributed by atoms with Crippen LogP contribution >= 0.6 is 23.2 Å². The summed E-state index contributed by atoms with van der Waals surface area (Å²) in [4.78, 5) is 5.33. The number of benzene rings is 2. The highest BCUT2D eigenvalue weighted by molar-refractivity contribution is 6.55. The zero-order valence-corrected chi connectivity index (χ0v) is 21.6. The van der Waals surface area contributed by atoms with E-state index in [9.17, 15) is 13.2 Å². The Balaban J connectivity index is 1.82. The number of oxime groups is 1. The lowest BCUT2D eigenvalue weighted by molar-refractivity contribution is -0.137. The molecule has 0 saturated carbocycles. The lowest BCUT2D eigenvalue weighted by Crippen LogP contribution is -2.06. The summed E-state index contributed by atoms with van der Waals surface area (Å²) in [5, 5.41) is 4.00. The first-order valence-corrected chi connectivity index (χ1v) is 12.2. The van der Waals surface area contributed by atoms with Gasteiger partial charge in [-0.2, -0.15) is 13.2 Å². The average Bonchev–Trinajstić information content (AvgIpc) is 2.82. The Morgan fingerprint density at radius 2 is 1.54 bits per heavy atom. The van der Waals surface area contributed by atoms with Crippen molar-refractivity contribution in [1.29, 1.82) is 0 Å². The first-order valence-electron chi connectivity index (χ1n) is 11.4. The monoisotopic (exact) mass is 531 g/mol. The number of nitrogens with zero attached hydrogens (tertiary/aromatic N) is 1. The van der Waals surface area contributed by atoms with Crippen LogP contribution < -0.4 is 9.47 Å². The van der Waals surface area contributed by atoms with Crippen molar-refractivity contribution in [2.75, 3.05) is 19.8 Å².